The van der Waals surface area contributed by atoms with Crippen LogP contribution in [-0.2, 0) is 9.59 Å². The van der Waals surface area contributed by atoms with E-state index >= 15 is 0 Å². The van der Waals surface area contributed by atoms with Crippen molar-refractivity contribution in [2.45, 2.75) is 46.6 Å². The Balaban J connectivity index is 4.59. The highest BCUT2D eigenvalue weighted by Gasteiger charge is 2.27. The fraction of sp³-hybridized carbons (Fsp3) is 0.846. The number of hydrazine groups is 1. The lowest BCUT2D eigenvalue weighted by atomic mass is 9.85. The van der Waals surface area contributed by atoms with E-state index in [1.165, 1.54) is 0 Å². The van der Waals surface area contributed by atoms with Crippen LogP contribution < -0.4 is 5.84 Å². The summed E-state index contributed by atoms with van der Waals surface area (Å²) >= 11 is 0. The Morgan fingerprint density at radius 1 is 1.17 bits per heavy atom. The molecule has 5 nitrogen and oxygen atoms in total. The maximum atomic E-state index is 11.3. The third kappa shape index (κ3) is 5.60. The van der Waals surface area contributed by atoms with Crippen LogP contribution in [0.2, 0.25) is 0 Å². The second-order valence-electron chi connectivity index (χ2n) is 5.43. The molecule has 0 aliphatic heterocycles. The van der Waals surface area contributed by atoms with Crippen LogP contribution in [0.15, 0.2) is 0 Å². The van der Waals surface area contributed by atoms with Gasteiger partial charge in [0.05, 0.1) is 5.92 Å². The largest absolute Gasteiger partial charge is 0.481 e. The third-order valence-electron chi connectivity index (χ3n) is 3.62. The number of hydrogen-bond acceptors (Lipinski definition) is 4. The van der Waals surface area contributed by atoms with Crippen LogP contribution in [0, 0.1) is 17.8 Å². The molecule has 0 bridgehead atoms. The molecule has 3 N–H and O–H groups in total. The summed E-state index contributed by atoms with van der Waals surface area (Å²) in [5.74, 6) is 4.88. The van der Waals surface area contributed by atoms with Crippen LogP contribution >= 0.6 is 0 Å². The van der Waals surface area contributed by atoms with Crippen LogP contribution in [-0.4, -0.2) is 35.0 Å². The van der Waals surface area contributed by atoms with E-state index < -0.39 is 11.9 Å². The number of carboxylic acids is 1. The number of aliphatic carboxylic acids is 1. The van der Waals surface area contributed by atoms with E-state index in [-0.39, 0.29) is 23.7 Å². The maximum absolute atomic E-state index is 11.3. The predicted octanol–water partition coefficient (Wildman–Crippen LogP) is 1.52. The van der Waals surface area contributed by atoms with Gasteiger partial charge >= 0.3 is 5.97 Å². The molecule has 0 aromatic carbocycles. The second-order valence-corrected chi connectivity index (χ2v) is 5.43. The Morgan fingerprint density at radius 2 is 1.67 bits per heavy atom. The molecule has 0 radical (unpaired) electrons. The van der Waals surface area contributed by atoms with Crippen LogP contribution in [0.4, 0.5) is 0 Å². The molecule has 18 heavy (non-hydrogen) atoms. The summed E-state index contributed by atoms with van der Waals surface area (Å²) in [5.41, 5.74) is 0. The number of Topliss-reactive ketones (excluding diaryl/α,β-unsaturated/α-hetero) is 1. The minimum atomic E-state index is -0.811. The third-order valence-corrected chi connectivity index (χ3v) is 3.62. The van der Waals surface area contributed by atoms with Gasteiger partial charge in [-0.15, -0.1) is 0 Å². The van der Waals surface area contributed by atoms with Crippen molar-refractivity contribution in [1.29, 1.82) is 0 Å². The highest BCUT2D eigenvalue weighted by molar-refractivity contribution is 5.77. The van der Waals surface area contributed by atoms with Crippen molar-refractivity contribution >= 4 is 11.8 Å². The first-order valence-electron chi connectivity index (χ1n) is 6.37. The highest BCUT2D eigenvalue weighted by atomic mass is 16.4. The number of carbonyl (C=O) groups excluding carboxylic acids is 1. The molecule has 5 heteroatoms. The molecule has 0 fully saturated rings. The number of nitrogens with two attached hydrogens (primary N) is 1. The van der Waals surface area contributed by atoms with Crippen LogP contribution in [0.25, 0.3) is 0 Å². The first-order chi connectivity index (χ1) is 8.16. The summed E-state index contributed by atoms with van der Waals surface area (Å²) in [7, 11) is 1.74. The van der Waals surface area contributed by atoms with Gasteiger partial charge in [0.15, 0.2) is 0 Å². The summed E-state index contributed by atoms with van der Waals surface area (Å²) in [6, 6.07) is -0.0297. The average Bonchev–Trinajstić information content (AvgIpc) is 2.24. The van der Waals surface area contributed by atoms with Gasteiger partial charge in [0.2, 0.25) is 0 Å². The van der Waals surface area contributed by atoms with Crippen molar-refractivity contribution in [3.63, 3.8) is 0 Å². The molecule has 106 valence electrons. The number of ketones is 1. The molecule has 0 rings (SSSR count). The van der Waals surface area contributed by atoms with Gasteiger partial charge in [-0.1, -0.05) is 20.8 Å². The molecule has 0 saturated carbocycles. The van der Waals surface area contributed by atoms with Crippen molar-refractivity contribution in [2.24, 2.45) is 23.6 Å². The topological polar surface area (TPSA) is 83.6 Å². The van der Waals surface area contributed by atoms with E-state index in [1.807, 2.05) is 13.8 Å². The van der Waals surface area contributed by atoms with Gasteiger partial charge in [0.25, 0.3) is 0 Å². The zero-order valence-corrected chi connectivity index (χ0v) is 12.0. The zero-order valence-electron chi connectivity index (χ0n) is 12.0. The minimum Gasteiger partial charge on any atom is -0.481 e. The molecule has 0 spiro atoms. The summed E-state index contributed by atoms with van der Waals surface area (Å²) < 4.78 is 0. The molecule has 0 aromatic heterocycles. The smallest absolute Gasteiger partial charge is 0.306 e. The molecule has 0 aromatic rings. The van der Waals surface area contributed by atoms with Crippen LogP contribution in [0.5, 0.6) is 0 Å². The van der Waals surface area contributed by atoms with E-state index in [0.29, 0.717) is 6.42 Å². The first-order valence-corrected chi connectivity index (χ1v) is 6.37. The molecule has 0 aliphatic rings. The Hall–Kier alpha value is -0.940. The van der Waals surface area contributed by atoms with E-state index in [2.05, 4.69) is 0 Å². The standard InChI is InChI=1S/C13H26N2O3/c1-8(11(4)16)6-9(2)12(15(5)14)7-10(3)13(17)18/h8-10,12H,6-7,14H2,1-5H3,(H,17,18). The lowest BCUT2D eigenvalue weighted by Crippen LogP contribution is -2.44. The van der Waals surface area contributed by atoms with Gasteiger partial charge in [-0.25, -0.2) is 5.01 Å². The zero-order chi connectivity index (χ0) is 14.5. The molecular formula is C13H26N2O3. The Kier molecular flexibility index (Phi) is 7.09. The predicted molar refractivity (Wildman–Crippen MR) is 70.8 cm³/mol. The summed E-state index contributed by atoms with van der Waals surface area (Å²) in [6.45, 7) is 7.17. The number of nitrogens with zero attached hydrogens (tertiary/aromatic N) is 1. The fourth-order valence-corrected chi connectivity index (χ4v) is 2.14. The number of hydrogen-bond donors (Lipinski definition) is 2. The van der Waals surface area contributed by atoms with Gasteiger partial charge in [0.1, 0.15) is 5.78 Å². The van der Waals surface area contributed by atoms with Gasteiger partial charge in [-0.05, 0) is 25.7 Å². The fourth-order valence-electron chi connectivity index (χ4n) is 2.14. The SMILES string of the molecule is CC(=O)C(C)CC(C)C(CC(C)C(=O)O)N(C)N. The van der Waals surface area contributed by atoms with Crippen molar-refractivity contribution < 1.29 is 14.7 Å². The number of rotatable bonds is 8. The van der Waals surface area contributed by atoms with Gasteiger partial charge in [-0.2, -0.15) is 0 Å². The summed E-state index contributed by atoms with van der Waals surface area (Å²) in [4.78, 5) is 22.2. The van der Waals surface area contributed by atoms with Gasteiger partial charge in [0, 0.05) is 19.0 Å². The van der Waals surface area contributed by atoms with E-state index in [4.69, 9.17) is 10.9 Å². The van der Waals surface area contributed by atoms with Crippen molar-refractivity contribution in [2.75, 3.05) is 7.05 Å². The molecule has 0 aliphatic carbocycles. The highest BCUT2D eigenvalue weighted by Crippen LogP contribution is 2.23. The first kappa shape index (κ1) is 17.1. The molecule has 0 saturated heterocycles. The monoisotopic (exact) mass is 258 g/mol. The van der Waals surface area contributed by atoms with E-state index in [9.17, 15) is 9.59 Å². The normalized spacial score (nSPS) is 18.2. The van der Waals surface area contributed by atoms with E-state index in [0.717, 1.165) is 6.42 Å². The van der Waals surface area contributed by atoms with Crippen LogP contribution in [0.3, 0.4) is 0 Å². The van der Waals surface area contributed by atoms with E-state index in [1.54, 1.807) is 25.9 Å². The lowest BCUT2D eigenvalue weighted by Gasteiger charge is -2.32. The maximum Gasteiger partial charge on any atom is 0.306 e. The van der Waals surface area contributed by atoms with Crippen LogP contribution in [0.1, 0.15) is 40.5 Å². The Bertz CT molecular complexity index is 292. The quantitative estimate of drug-likeness (QED) is 0.509. The molecule has 0 amide bonds. The van der Waals surface area contributed by atoms with Crippen molar-refractivity contribution in [3.05, 3.63) is 0 Å². The average molecular weight is 258 g/mol. The summed E-state index contributed by atoms with van der Waals surface area (Å²) in [5, 5.41) is 10.5. The van der Waals surface area contributed by atoms with Gasteiger partial charge < -0.3 is 5.11 Å². The molecular weight excluding hydrogens is 232 g/mol. The molecule has 4 atom stereocenters. The number of carbonyl (C=O) groups is 2. The Morgan fingerprint density at radius 3 is 2.00 bits per heavy atom. The molecule has 0 heterocycles. The Labute approximate surface area is 109 Å². The lowest BCUT2D eigenvalue weighted by molar-refractivity contribution is -0.142. The van der Waals surface area contributed by atoms with Gasteiger partial charge in [-0.3, -0.25) is 15.4 Å². The molecule has 4 unspecified atom stereocenters. The minimum absolute atomic E-state index is 0.0115. The summed E-state index contributed by atoms with van der Waals surface area (Å²) in [6.07, 6.45) is 1.22. The second kappa shape index (κ2) is 7.48. The number of carboxylic acid groups (broad SMARTS) is 1. The van der Waals surface area contributed by atoms with Crippen molar-refractivity contribution in [1.82, 2.24) is 5.01 Å². The van der Waals surface area contributed by atoms with Crippen molar-refractivity contribution in [3.8, 4) is 0 Å².